The Morgan fingerprint density at radius 1 is 0.742 bits per heavy atom. The first kappa shape index (κ1) is 23.0. The van der Waals surface area contributed by atoms with Crippen molar-refractivity contribution >= 4 is 114 Å². The van der Waals surface area contributed by atoms with Gasteiger partial charge in [0.05, 0.1) is 53.2 Å². The third-order valence-corrected chi connectivity index (χ3v) is 7.01. The molecule has 0 aliphatic carbocycles. The van der Waals surface area contributed by atoms with Crippen LogP contribution < -0.4 is 0 Å². The molecule has 157 valence electrons. The number of rotatable bonds is 0. The molecule has 11 heteroatoms. The molecule has 5 heterocycles. The number of nitrogens with zero attached hydrogens (tertiary/aromatic N) is 3. The van der Waals surface area contributed by atoms with E-state index in [1.807, 2.05) is 30.4 Å². The van der Waals surface area contributed by atoms with Gasteiger partial charge in [0.2, 0.25) is 0 Å². The standard InChI is InChI=1S/C20H8Cl6N4.Mn/c21-14-12-6-10-3-1-8(27-10)5-9-2-4-11(28-9)7-13-15(22)17(24)20(30(13)26)18(25)19(29-12)16(14)23;/h1-7,27H;. The van der Waals surface area contributed by atoms with Gasteiger partial charge in [-0.1, -0.05) is 58.0 Å². The van der Waals surface area contributed by atoms with Gasteiger partial charge in [-0.3, -0.25) is 0 Å². The number of hydrogen-bond donors (Lipinski definition) is 1. The van der Waals surface area contributed by atoms with Crippen molar-refractivity contribution in [2.24, 2.45) is 0 Å². The van der Waals surface area contributed by atoms with Crippen LogP contribution in [0.1, 0.15) is 22.8 Å². The first-order valence-corrected chi connectivity index (χ1v) is 10.7. The van der Waals surface area contributed by atoms with E-state index in [2.05, 4.69) is 15.0 Å². The summed E-state index contributed by atoms with van der Waals surface area (Å²) < 4.78 is 1.26. The first-order valence-electron chi connectivity index (χ1n) is 8.51. The van der Waals surface area contributed by atoms with Crippen LogP contribution in [0.25, 0.3) is 44.3 Å². The Labute approximate surface area is 217 Å². The second-order valence-corrected chi connectivity index (χ2v) is 8.76. The third kappa shape index (κ3) is 3.92. The van der Waals surface area contributed by atoms with Crippen LogP contribution in [0.15, 0.2) is 30.3 Å². The molecule has 0 aromatic carbocycles. The Balaban J connectivity index is 0.00000231. The van der Waals surface area contributed by atoms with Crippen LogP contribution in [0.4, 0.5) is 0 Å². The molecule has 0 spiro atoms. The van der Waals surface area contributed by atoms with E-state index in [0.717, 1.165) is 16.7 Å². The molecule has 3 aromatic heterocycles. The average molecular weight is 572 g/mol. The van der Waals surface area contributed by atoms with Gasteiger partial charge in [0.1, 0.15) is 5.69 Å². The van der Waals surface area contributed by atoms with Crippen molar-refractivity contribution in [1.82, 2.24) is 19.0 Å². The van der Waals surface area contributed by atoms with Gasteiger partial charge in [0.15, 0.2) is 0 Å². The second kappa shape index (κ2) is 8.66. The summed E-state index contributed by atoms with van der Waals surface area (Å²) in [6.45, 7) is 0. The summed E-state index contributed by atoms with van der Waals surface area (Å²) in [6.07, 6.45) is 3.73. The van der Waals surface area contributed by atoms with Crippen molar-refractivity contribution < 1.29 is 17.1 Å². The van der Waals surface area contributed by atoms with Gasteiger partial charge in [-0.05, 0) is 42.5 Å². The van der Waals surface area contributed by atoms with Crippen LogP contribution in [-0.4, -0.2) is 19.0 Å². The third-order valence-electron chi connectivity index (χ3n) is 4.60. The van der Waals surface area contributed by atoms with Crippen LogP contribution in [0, 0.1) is 0 Å². The molecule has 0 saturated carbocycles. The molecule has 3 aromatic rings. The van der Waals surface area contributed by atoms with Crippen molar-refractivity contribution in [3.05, 3.63) is 68.2 Å². The number of aromatic amines is 1. The zero-order valence-electron chi connectivity index (χ0n) is 15.0. The summed E-state index contributed by atoms with van der Waals surface area (Å²) in [5.74, 6) is 0. The molecule has 8 bridgehead atoms. The van der Waals surface area contributed by atoms with E-state index in [-0.39, 0.29) is 53.4 Å². The summed E-state index contributed by atoms with van der Waals surface area (Å²) in [5, 5.41) is 0.962. The van der Waals surface area contributed by atoms with Gasteiger partial charge < -0.3 is 4.98 Å². The molecule has 1 N–H and O–H groups in total. The van der Waals surface area contributed by atoms with Crippen molar-refractivity contribution in [3.8, 4) is 0 Å². The predicted octanol–water partition coefficient (Wildman–Crippen LogP) is 8.22. The summed E-state index contributed by atoms with van der Waals surface area (Å²) in [6, 6.07) is 9.21. The predicted molar refractivity (Wildman–Crippen MR) is 128 cm³/mol. The number of aromatic nitrogens is 4. The van der Waals surface area contributed by atoms with E-state index >= 15 is 0 Å². The van der Waals surface area contributed by atoms with Gasteiger partial charge in [-0.2, -0.15) is 0 Å². The van der Waals surface area contributed by atoms with E-state index < -0.39 is 0 Å². The van der Waals surface area contributed by atoms with Gasteiger partial charge in [-0.25, -0.2) is 14.1 Å². The van der Waals surface area contributed by atoms with E-state index in [1.165, 1.54) is 4.09 Å². The van der Waals surface area contributed by atoms with Crippen molar-refractivity contribution in [2.45, 2.75) is 0 Å². The fraction of sp³-hybridized carbons (Fsp3) is 0. The molecule has 1 radical (unpaired) electrons. The van der Waals surface area contributed by atoms with Gasteiger partial charge in [-0.15, -0.1) is 0 Å². The minimum absolute atomic E-state index is 0. The van der Waals surface area contributed by atoms with E-state index in [4.69, 9.17) is 69.8 Å². The van der Waals surface area contributed by atoms with Gasteiger partial charge >= 0.3 is 0 Å². The topological polar surface area (TPSA) is 46.5 Å². The fourth-order valence-electron chi connectivity index (χ4n) is 3.20. The molecule has 2 aliphatic rings. The van der Waals surface area contributed by atoms with Crippen molar-refractivity contribution in [3.63, 3.8) is 0 Å². The monoisotopic (exact) mass is 569 g/mol. The number of nitrogens with one attached hydrogen (secondary N) is 1. The largest absolute Gasteiger partial charge is 0.355 e. The van der Waals surface area contributed by atoms with E-state index in [1.54, 1.807) is 12.1 Å². The molecule has 0 atom stereocenters. The Morgan fingerprint density at radius 3 is 2.10 bits per heavy atom. The Morgan fingerprint density at radius 2 is 1.39 bits per heavy atom. The average Bonchev–Trinajstić information content (AvgIpc) is 3.45. The zero-order chi connectivity index (χ0) is 21.2. The molecule has 0 fully saturated rings. The molecule has 0 amide bonds. The molecule has 4 nitrogen and oxygen atoms in total. The first-order chi connectivity index (χ1) is 14.3. The molecule has 0 unspecified atom stereocenters. The summed E-state index contributed by atoms with van der Waals surface area (Å²) in [4.78, 5) is 12.3. The Kier molecular flexibility index (Phi) is 6.43. The zero-order valence-corrected chi connectivity index (χ0v) is 20.7. The van der Waals surface area contributed by atoms with Crippen LogP contribution in [0.3, 0.4) is 0 Å². The number of hydrogen-bond acceptors (Lipinski definition) is 2. The molecular formula is C20H8Cl6MnN4. The van der Waals surface area contributed by atoms with Gasteiger partial charge in [0.25, 0.3) is 0 Å². The Bertz CT molecular complexity index is 1470. The maximum atomic E-state index is 6.62. The molecule has 5 rings (SSSR count). The summed E-state index contributed by atoms with van der Waals surface area (Å²) >= 11 is 38.9. The Hall–Kier alpha value is -1.14. The normalized spacial score (nSPS) is 13.0. The number of H-pyrrole nitrogens is 1. The molecule has 0 saturated heterocycles. The van der Waals surface area contributed by atoms with Crippen LogP contribution in [0.5, 0.6) is 0 Å². The maximum absolute atomic E-state index is 6.62. The smallest absolute Gasteiger partial charge is 0.105 e. The number of fused-ring (bicyclic) bond motifs is 8. The molecule has 2 aliphatic heterocycles. The van der Waals surface area contributed by atoms with Crippen molar-refractivity contribution in [1.29, 1.82) is 0 Å². The summed E-state index contributed by atoms with van der Waals surface area (Å²) in [7, 11) is 0. The minimum Gasteiger partial charge on any atom is -0.355 e. The molecular weight excluding hydrogens is 564 g/mol. The summed E-state index contributed by atoms with van der Waals surface area (Å²) in [5.41, 5.74) is 4.44. The SMILES string of the molecule is ClC1=C(Cl)c2nc1cc1ccc(cc3nc(cc4c(Cl)c(Cl)c(c2Cl)n4Cl)C=C3)[nH]1.[Mn]. The van der Waals surface area contributed by atoms with Crippen LogP contribution >= 0.6 is 69.8 Å². The second-order valence-electron chi connectivity index (χ2n) is 6.53. The van der Waals surface area contributed by atoms with E-state index in [0.29, 0.717) is 16.9 Å². The van der Waals surface area contributed by atoms with Crippen LogP contribution in [0.2, 0.25) is 15.1 Å². The number of halogens is 6. The molecule has 31 heavy (non-hydrogen) atoms. The fourth-order valence-corrected chi connectivity index (χ4v) is 4.97. The van der Waals surface area contributed by atoms with E-state index in [9.17, 15) is 0 Å². The van der Waals surface area contributed by atoms with Crippen LogP contribution in [-0.2, 0) is 17.1 Å². The van der Waals surface area contributed by atoms with Crippen molar-refractivity contribution in [2.75, 3.05) is 0 Å². The maximum Gasteiger partial charge on any atom is 0.105 e. The minimum atomic E-state index is 0. The van der Waals surface area contributed by atoms with Gasteiger partial charge in [0, 0.05) is 39.9 Å². The quantitative estimate of drug-likeness (QED) is 0.216.